The van der Waals surface area contributed by atoms with E-state index in [9.17, 15) is 49.8 Å². The molecule has 0 saturated heterocycles. The van der Waals surface area contributed by atoms with Crippen LogP contribution < -0.4 is 0 Å². The maximum absolute atomic E-state index is 13.8. The Labute approximate surface area is 328 Å². The number of hydrogen-bond acceptors (Lipinski definition) is 10. The second kappa shape index (κ2) is 34.7. The Balaban J connectivity index is 5.04. The van der Waals surface area contributed by atoms with Crippen LogP contribution in [0.3, 0.4) is 0 Å². The molecular weight excluding hydrogens is 688 g/mol. The minimum absolute atomic E-state index is 0.126. The van der Waals surface area contributed by atoms with Crippen LogP contribution in [0.4, 0.5) is 0 Å². The Hall–Kier alpha value is -1.56. The highest BCUT2D eigenvalue weighted by Gasteiger charge is 2.53. The molecule has 0 fully saturated rings. The second-order valence-corrected chi connectivity index (χ2v) is 15.8. The molecule has 5 atom stereocenters. The van der Waals surface area contributed by atoms with Crippen LogP contribution in [-0.2, 0) is 19.2 Å². The summed E-state index contributed by atoms with van der Waals surface area (Å²) in [6, 6.07) is 0. The van der Waals surface area contributed by atoms with Crippen LogP contribution in [0.2, 0.25) is 0 Å². The molecule has 318 valence electrons. The molecule has 0 aromatic rings. The van der Waals surface area contributed by atoms with Gasteiger partial charge in [0.1, 0.15) is 24.1 Å². The third-order valence-electron chi connectivity index (χ3n) is 11.0. The number of carbonyl (C=O) groups excluding carboxylic acids is 4. The summed E-state index contributed by atoms with van der Waals surface area (Å²) in [5, 5.41) is 60.9. The maximum Gasteiger partial charge on any atom is 0.210 e. The predicted octanol–water partition coefficient (Wildman–Crippen LogP) is 7.81. The summed E-state index contributed by atoms with van der Waals surface area (Å²) in [5.41, 5.74) is -3.12. The number of rotatable bonds is 41. The first-order chi connectivity index (χ1) is 26.0. The van der Waals surface area contributed by atoms with Crippen molar-refractivity contribution in [3.05, 3.63) is 0 Å². The first-order valence-corrected chi connectivity index (χ1v) is 22.1. The van der Waals surface area contributed by atoms with E-state index in [1.165, 1.54) is 103 Å². The van der Waals surface area contributed by atoms with E-state index in [0.717, 1.165) is 51.4 Å². The number of aliphatic hydroxyl groups is 6. The highest BCUT2D eigenvalue weighted by molar-refractivity contribution is 6.18. The molecule has 0 aliphatic heterocycles. The fraction of sp³-hybridized carbons (Fsp3) is 0.909. The van der Waals surface area contributed by atoms with Gasteiger partial charge in [0.2, 0.25) is 5.60 Å². The van der Waals surface area contributed by atoms with Gasteiger partial charge in [-0.25, -0.2) is 0 Å². The minimum atomic E-state index is -3.12. The van der Waals surface area contributed by atoms with Crippen molar-refractivity contribution in [3.63, 3.8) is 0 Å². The van der Waals surface area contributed by atoms with Crippen molar-refractivity contribution in [2.75, 3.05) is 13.2 Å². The van der Waals surface area contributed by atoms with E-state index in [1.54, 1.807) is 0 Å². The lowest BCUT2D eigenvalue weighted by Gasteiger charge is -2.32. The molecular formula is C44H82O10. The fourth-order valence-electron chi connectivity index (χ4n) is 7.21. The third kappa shape index (κ3) is 23.5. The molecule has 0 radical (unpaired) electrons. The Bertz CT molecular complexity index is 956. The van der Waals surface area contributed by atoms with Crippen LogP contribution >= 0.6 is 0 Å². The Kier molecular flexibility index (Phi) is 33.7. The summed E-state index contributed by atoms with van der Waals surface area (Å²) in [6.45, 7) is 2.36. The molecule has 10 heteroatoms. The van der Waals surface area contributed by atoms with Gasteiger partial charge in [-0.15, -0.1) is 0 Å². The zero-order valence-corrected chi connectivity index (χ0v) is 34.5. The van der Waals surface area contributed by atoms with Gasteiger partial charge >= 0.3 is 0 Å². The Morgan fingerprint density at radius 1 is 0.463 bits per heavy atom. The van der Waals surface area contributed by atoms with Gasteiger partial charge in [0.15, 0.2) is 17.3 Å². The van der Waals surface area contributed by atoms with E-state index in [2.05, 4.69) is 13.8 Å². The topological polar surface area (TPSA) is 190 Å². The van der Waals surface area contributed by atoms with Crippen molar-refractivity contribution in [3.8, 4) is 0 Å². The lowest BCUT2D eigenvalue weighted by molar-refractivity contribution is -0.171. The van der Waals surface area contributed by atoms with Crippen LogP contribution in [0, 0.1) is 5.92 Å². The predicted molar refractivity (Wildman–Crippen MR) is 215 cm³/mol. The smallest absolute Gasteiger partial charge is 0.210 e. The molecule has 0 aromatic carbocycles. The fourth-order valence-corrected chi connectivity index (χ4v) is 7.21. The highest BCUT2D eigenvalue weighted by Crippen LogP contribution is 2.27. The molecule has 0 aliphatic carbocycles. The molecule has 0 spiro atoms. The van der Waals surface area contributed by atoms with Crippen LogP contribution in [-0.4, -0.2) is 90.9 Å². The van der Waals surface area contributed by atoms with E-state index in [0.29, 0.717) is 25.7 Å². The van der Waals surface area contributed by atoms with Crippen LogP contribution in [0.1, 0.15) is 213 Å². The van der Waals surface area contributed by atoms with Crippen LogP contribution in [0.5, 0.6) is 0 Å². The number of hydrogen-bond donors (Lipinski definition) is 6. The van der Waals surface area contributed by atoms with Gasteiger partial charge in [-0.1, -0.05) is 181 Å². The minimum Gasteiger partial charge on any atom is -0.394 e. The SMILES string of the molecule is CCCCCCCCCCCCCCCCCC(=O)C(CC(=O)C(O)C(O)CO)C(=O)C(O)(C(=O)CCCCCCCCCCCCCCC)C(O)CO. The van der Waals surface area contributed by atoms with E-state index in [4.69, 9.17) is 0 Å². The number of ketones is 4. The Morgan fingerprint density at radius 2 is 0.796 bits per heavy atom. The van der Waals surface area contributed by atoms with Crippen LogP contribution in [0.25, 0.3) is 0 Å². The Morgan fingerprint density at radius 3 is 1.13 bits per heavy atom. The van der Waals surface area contributed by atoms with Crippen molar-refractivity contribution < 1.29 is 49.8 Å². The van der Waals surface area contributed by atoms with Crippen molar-refractivity contribution in [2.24, 2.45) is 5.92 Å². The van der Waals surface area contributed by atoms with Gasteiger partial charge in [-0.05, 0) is 12.8 Å². The zero-order chi connectivity index (χ0) is 40.5. The number of Topliss-reactive ketones (excluding diaryl/α,β-unsaturated/α-hetero) is 4. The maximum atomic E-state index is 13.8. The summed E-state index contributed by atoms with van der Waals surface area (Å²) in [7, 11) is 0. The van der Waals surface area contributed by atoms with Gasteiger partial charge in [0.05, 0.1) is 19.1 Å². The summed E-state index contributed by atoms with van der Waals surface area (Å²) in [5.74, 6) is -6.17. The van der Waals surface area contributed by atoms with E-state index in [-0.39, 0.29) is 12.8 Å². The largest absolute Gasteiger partial charge is 0.394 e. The molecule has 5 unspecified atom stereocenters. The number of aliphatic hydroxyl groups excluding tert-OH is 5. The first-order valence-electron chi connectivity index (χ1n) is 22.1. The third-order valence-corrected chi connectivity index (χ3v) is 11.0. The van der Waals surface area contributed by atoms with Gasteiger partial charge in [0.25, 0.3) is 0 Å². The molecule has 0 heterocycles. The van der Waals surface area contributed by atoms with E-state index >= 15 is 0 Å². The van der Waals surface area contributed by atoms with Crippen molar-refractivity contribution >= 4 is 23.1 Å². The van der Waals surface area contributed by atoms with Crippen molar-refractivity contribution in [1.82, 2.24) is 0 Å². The summed E-state index contributed by atoms with van der Waals surface area (Å²) < 4.78 is 0. The highest BCUT2D eigenvalue weighted by atomic mass is 16.4. The molecule has 0 saturated carbocycles. The van der Waals surface area contributed by atoms with Gasteiger partial charge in [0, 0.05) is 19.3 Å². The molecule has 0 bridgehead atoms. The van der Waals surface area contributed by atoms with E-state index in [1.807, 2.05) is 0 Å². The summed E-state index contributed by atoms with van der Waals surface area (Å²) >= 11 is 0. The normalized spacial score (nSPS) is 15.0. The molecule has 0 amide bonds. The first kappa shape index (κ1) is 52.4. The lowest BCUT2D eigenvalue weighted by Crippen LogP contribution is -2.60. The van der Waals surface area contributed by atoms with Gasteiger partial charge < -0.3 is 30.6 Å². The summed E-state index contributed by atoms with van der Waals surface area (Å²) in [6.07, 6.45) is 23.3. The average Bonchev–Trinajstić information content (AvgIpc) is 3.18. The number of carbonyl (C=O) groups is 4. The van der Waals surface area contributed by atoms with Gasteiger partial charge in [-0.2, -0.15) is 0 Å². The monoisotopic (exact) mass is 771 g/mol. The van der Waals surface area contributed by atoms with Crippen molar-refractivity contribution in [2.45, 2.75) is 237 Å². The van der Waals surface area contributed by atoms with Gasteiger partial charge in [-0.3, -0.25) is 19.2 Å². The zero-order valence-electron chi connectivity index (χ0n) is 34.5. The molecule has 0 aromatic heterocycles. The molecule has 0 rings (SSSR count). The molecule has 54 heavy (non-hydrogen) atoms. The second-order valence-electron chi connectivity index (χ2n) is 15.8. The summed E-state index contributed by atoms with van der Waals surface area (Å²) in [4.78, 5) is 53.5. The van der Waals surface area contributed by atoms with E-state index < -0.39 is 72.6 Å². The average molecular weight is 771 g/mol. The van der Waals surface area contributed by atoms with Crippen LogP contribution in [0.15, 0.2) is 0 Å². The van der Waals surface area contributed by atoms with Crippen molar-refractivity contribution in [1.29, 1.82) is 0 Å². The molecule has 6 N–H and O–H groups in total. The quantitative estimate of drug-likeness (QED) is 0.0264. The molecule has 10 nitrogen and oxygen atoms in total. The number of unbranched alkanes of at least 4 members (excludes halogenated alkanes) is 26. The standard InChI is InChI=1S/C44H82O10/c1-3-5-7-9-11-13-15-17-18-20-21-23-25-27-29-31-37(47)36(33-38(48)42(52)39(49)34-45)43(53)44(54,41(51)35-46)40(50)32-30-28-26-24-22-19-16-14-12-10-8-6-4-2/h36,39,41-42,45-46,49,51-52,54H,3-35H2,1-2H3. The molecule has 0 aliphatic rings. The lowest BCUT2D eigenvalue weighted by atomic mass is 9.75.